The minimum Gasteiger partial charge on any atom is -0.396 e. The summed E-state index contributed by atoms with van der Waals surface area (Å²) in [5.41, 5.74) is -0.194. The Labute approximate surface area is 55.5 Å². The predicted molar refractivity (Wildman–Crippen MR) is 35.1 cm³/mol. The highest BCUT2D eigenvalue weighted by molar-refractivity contribution is 4.87. The van der Waals surface area contributed by atoms with Gasteiger partial charge in [0.05, 0.1) is 12.7 Å². The van der Waals surface area contributed by atoms with Gasteiger partial charge in [-0.05, 0) is 12.8 Å². The van der Waals surface area contributed by atoms with Gasteiger partial charge in [0.2, 0.25) is 0 Å². The summed E-state index contributed by atoms with van der Waals surface area (Å²) in [6.07, 6.45) is 2.60. The summed E-state index contributed by atoms with van der Waals surface area (Å²) < 4.78 is 0. The molecule has 1 saturated carbocycles. The third-order valence-electron chi connectivity index (χ3n) is 2.39. The van der Waals surface area contributed by atoms with Gasteiger partial charge in [0.25, 0.3) is 0 Å². The topological polar surface area (TPSA) is 40.5 Å². The van der Waals surface area contributed by atoms with Crippen LogP contribution < -0.4 is 0 Å². The van der Waals surface area contributed by atoms with Gasteiger partial charge >= 0.3 is 0 Å². The lowest BCUT2D eigenvalue weighted by Gasteiger charge is -2.24. The van der Waals surface area contributed by atoms with Crippen molar-refractivity contribution in [2.45, 2.75) is 32.3 Å². The van der Waals surface area contributed by atoms with Crippen LogP contribution in [0.4, 0.5) is 0 Å². The van der Waals surface area contributed by atoms with Gasteiger partial charge in [-0.1, -0.05) is 13.3 Å². The zero-order valence-corrected chi connectivity index (χ0v) is 5.80. The SMILES string of the molecule is C[C@]1(CO)CCCC1O. The summed E-state index contributed by atoms with van der Waals surface area (Å²) in [5.74, 6) is 0. The second-order valence-corrected chi connectivity index (χ2v) is 3.22. The minimum absolute atomic E-state index is 0.119. The average molecular weight is 130 g/mol. The van der Waals surface area contributed by atoms with Crippen LogP contribution in [-0.2, 0) is 0 Å². The molecule has 0 radical (unpaired) electrons. The number of aliphatic hydroxyl groups excluding tert-OH is 2. The predicted octanol–water partition coefficient (Wildman–Crippen LogP) is 0.530. The monoisotopic (exact) mass is 130 g/mol. The second kappa shape index (κ2) is 2.27. The summed E-state index contributed by atoms with van der Waals surface area (Å²) in [4.78, 5) is 0. The van der Waals surface area contributed by atoms with Crippen LogP contribution >= 0.6 is 0 Å². The molecule has 2 nitrogen and oxygen atoms in total. The Kier molecular flexibility index (Phi) is 1.78. The van der Waals surface area contributed by atoms with Crippen molar-refractivity contribution >= 4 is 0 Å². The van der Waals surface area contributed by atoms with Gasteiger partial charge in [0.15, 0.2) is 0 Å². The fraction of sp³-hybridized carbons (Fsp3) is 1.00. The maximum absolute atomic E-state index is 9.29. The Morgan fingerprint density at radius 2 is 2.33 bits per heavy atom. The summed E-state index contributed by atoms with van der Waals surface area (Å²) in [6.45, 7) is 2.05. The van der Waals surface area contributed by atoms with Gasteiger partial charge in [0.1, 0.15) is 0 Å². The molecule has 1 rings (SSSR count). The molecule has 0 bridgehead atoms. The van der Waals surface area contributed by atoms with Gasteiger partial charge in [-0.25, -0.2) is 0 Å². The van der Waals surface area contributed by atoms with Crippen molar-refractivity contribution in [1.29, 1.82) is 0 Å². The summed E-state index contributed by atoms with van der Waals surface area (Å²) in [7, 11) is 0. The fourth-order valence-corrected chi connectivity index (χ4v) is 1.40. The molecular weight excluding hydrogens is 116 g/mol. The molecule has 9 heavy (non-hydrogen) atoms. The summed E-state index contributed by atoms with van der Waals surface area (Å²) in [6, 6.07) is 0. The van der Waals surface area contributed by atoms with E-state index in [0.29, 0.717) is 0 Å². The number of hydrogen-bond acceptors (Lipinski definition) is 2. The number of aliphatic hydroxyl groups is 2. The van der Waals surface area contributed by atoms with E-state index in [-0.39, 0.29) is 18.1 Å². The zero-order valence-electron chi connectivity index (χ0n) is 5.80. The van der Waals surface area contributed by atoms with E-state index in [9.17, 15) is 5.11 Å². The highest BCUT2D eigenvalue weighted by Gasteiger charge is 2.36. The van der Waals surface area contributed by atoms with E-state index in [4.69, 9.17) is 5.11 Å². The highest BCUT2D eigenvalue weighted by Crippen LogP contribution is 2.36. The van der Waals surface area contributed by atoms with Crippen LogP contribution in [0.2, 0.25) is 0 Å². The van der Waals surface area contributed by atoms with Crippen LogP contribution in [0.5, 0.6) is 0 Å². The maximum atomic E-state index is 9.29. The van der Waals surface area contributed by atoms with Crippen LogP contribution in [0.3, 0.4) is 0 Å². The number of rotatable bonds is 1. The Morgan fingerprint density at radius 3 is 2.56 bits per heavy atom. The molecule has 1 fully saturated rings. The van der Waals surface area contributed by atoms with E-state index >= 15 is 0 Å². The lowest BCUT2D eigenvalue weighted by atomic mass is 9.88. The molecule has 2 atom stereocenters. The smallest absolute Gasteiger partial charge is 0.0615 e. The van der Waals surface area contributed by atoms with Gasteiger partial charge in [0, 0.05) is 5.41 Å². The molecule has 0 aromatic carbocycles. The second-order valence-electron chi connectivity index (χ2n) is 3.22. The van der Waals surface area contributed by atoms with Crippen molar-refractivity contribution in [2.24, 2.45) is 5.41 Å². The Bertz CT molecular complexity index is 103. The molecule has 0 aromatic heterocycles. The molecule has 2 N–H and O–H groups in total. The molecular formula is C7H14O2. The molecule has 1 unspecified atom stereocenters. The maximum Gasteiger partial charge on any atom is 0.0615 e. The minimum atomic E-state index is -0.275. The third kappa shape index (κ3) is 1.10. The Balaban J connectivity index is 2.56. The van der Waals surface area contributed by atoms with Crippen molar-refractivity contribution in [3.05, 3.63) is 0 Å². The van der Waals surface area contributed by atoms with Crippen LogP contribution in [0.25, 0.3) is 0 Å². The summed E-state index contributed by atoms with van der Waals surface area (Å²) >= 11 is 0. The van der Waals surface area contributed by atoms with Gasteiger partial charge in [-0.15, -0.1) is 0 Å². The first-order valence-electron chi connectivity index (χ1n) is 3.48. The van der Waals surface area contributed by atoms with E-state index in [1.54, 1.807) is 0 Å². The lowest BCUT2D eigenvalue weighted by Crippen LogP contribution is -2.29. The van der Waals surface area contributed by atoms with E-state index in [1.165, 1.54) is 0 Å². The lowest BCUT2D eigenvalue weighted by molar-refractivity contribution is 0.0201. The van der Waals surface area contributed by atoms with Gasteiger partial charge in [-0.3, -0.25) is 0 Å². The fourth-order valence-electron chi connectivity index (χ4n) is 1.40. The van der Waals surface area contributed by atoms with Crippen molar-refractivity contribution in [3.8, 4) is 0 Å². The standard InChI is InChI=1S/C7H14O2/c1-7(5-8)4-2-3-6(7)9/h6,8-9H,2-5H2,1H3/t6?,7-/m1/s1. The van der Waals surface area contributed by atoms with Crippen LogP contribution in [-0.4, -0.2) is 22.9 Å². The molecule has 0 aromatic rings. The third-order valence-corrected chi connectivity index (χ3v) is 2.39. The molecule has 0 aliphatic heterocycles. The largest absolute Gasteiger partial charge is 0.396 e. The molecule has 1 aliphatic carbocycles. The first kappa shape index (κ1) is 7.03. The highest BCUT2D eigenvalue weighted by atomic mass is 16.3. The first-order valence-corrected chi connectivity index (χ1v) is 3.48. The first-order chi connectivity index (χ1) is 4.19. The molecule has 0 amide bonds. The van der Waals surface area contributed by atoms with Crippen LogP contribution in [0, 0.1) is 5.41 Å². The van der Waals surface area contributed by atoms with Crippen molar-refractivity contribution in [2.75, 3.05) is 6.61 Å². The van der Waals surface area contributed by atoms with Gasteiger partial charge in [-0.2, -0.15) is 0 Å². The molecule has 0 spiro atoms. The van der Waals surface area contributed by atoms with E-state index < -0.39 is 0 Å². The normalized spacial score (nSPS) is 43.7. The zero-order chi connectivity index (χ0) is 6.91. The van der Waals surface area contributed by atoms with Crippen molar-refractivity contribution in [3.63, 3.8) is 0 Å². The Morgan fingerprint density at radius 1 is 1.67 bits per heavy atom. The average Bonchev–Trinajstić information content (AvgIpc) is 2.15. The van der Waals surface area contributed by atoms with E-state index in [2.05, 4.69) is 0 Å². The quantitative estimate of drug-likeness (QED) is 0.543. The molecule has 0 saturated heterocycles. The summed E-state index contributed by atoms with van der Waals surface area (Å²) in [5, 5.41) is 18.1. The number of hydrogen-bond donors (Lipinski definition) is 2. The van der Waals surface area contributed by atoms with E-state index in [1.807, 2.05) is 6.92 Å². The molecule has 0 heterocycles. The van der Waals surface area contributed by atoms with Crippen molar-refractivity contribution < 1.29 is 10.2 Å². The van der Waals surface area contributed by atoms with E-state index in [0.717, 1.165) is 19.3 Å². The molecule has 1 aliphatic rings. The Hall–Kier alpha value is -0.0800. The molecule has 54 valence electrons. The van der Waals surface area contributed by atoms with Crippen molar-refractivity contribution in [1.82, 2.24) is 0 Å². The molecule has 2 heteroatoms. The van der Waals surface area contributed by atoms with Gasteiger partial charge < -0.3 is 10.2 Å². The van der Waals surface area contributed by atoms with Crippen LogP contribution in [0.1, 0.15) is 26.2 Å². The van der Waals surface area contributed by atoms with Crippen LogP contribution in [0.15, 0.2) is 0 Å².